The van der Waals surface area contributed by atoms with Crippen LogP contribution in [-0.4, -0.2) is 46.5 Å². The fourth-order valence-corrected chi connectivity index (χ4v) is 4.62. The summed E-state index contributed by atoms with van der Waals surface area (Å²) in [6.45, 7) is 2.81. The Kier molecular flexibility index (Phi) is 7.97. The molecule has 7 nitrogen and oxygen atoms in total. The van der Waals surface area contributed by atoms with Crippen molar-refractivity contribution in [1.82, 2.24) is 4.90 Å². The van der Waals surface area contributed by atoms with Gasteiger partial charge in [-0.25, -0.2) is 8.42 Å². The molecule has 0 bridgehead atoms. The summed E-state index contributed by atoms with van der Waals surface area (Å²) < 4.78 is 34.3. The van der Waals surface area contributed by atoms with Crippen LogP contribution in [0.15, 0.2) is 71.6 Å². The van der Waals surface area contributed by atoms with E-state index in [-0.39, 0.29) is 15.6 Å². The number of rotatable bonds is 9. The summed E-state index contributed by atoms with van der Waals surface area (Å²) >= 11 is 6.10. The fourth-order valence-electron chi connectivity index (χ4n) is 3.03. The molecule has 33 heavy (non-hydrogen) atoms. The SMILES string of the molecule is Cc1ccc(NC(=O)c2ccccc2OCCN(C)C)cc1S(=O)(=O)Nc1ccccc1Cl. The summed E-state index contributed by atoms with van der Waals surface area (Å²) in [5, 5.41) is 3.05. The third kappa shape index (κ3) is 6.47. The van der Waals surface area contributed by atoms with Gasteiger partial charge in [0.15, 0.2) is 0 Å². The van der Waals surface area contributed by atoms with Gasteiger partial charge in [0, 0.05) is 12.2 Å². The Balaban J connectivity index is 1.82. The highest BCUT2D eigenvalue weighted by Crippen LogP contribution is 2.27. The minimum atomic E-state index is -3.93. The molecule has 3 rings (SSSR count). The van der Waals surface area contributed by atoms with Crippen LogP contribution in [0.2, 0.25) is 5.02 Å². The fraction of sp³-hybridized carbons (Fsp3) is 0.208. The van der Waals surface area contributed by atoms with Crippen LogP contribution < -0.4 is 14.8 Å². The first-order valence-electron chi connectivity index (χ1n) is 10.2. The van der Waals surface area contributed by atoms with Crippen LogP contribution >= 0.6 is 11.6 Å². The first-order valence-corrected chi connectivity index (χ1v) is 12.1. The molecule has 9 heteroatoms. The smallest absolute Gasteiger partial charge is 0.262 e. The van der Waals surface area contributed by atoms with Crippen molar-refractivity contribution in [2.45, 2.75) is 11.8 Å². The Bertz CT molecular complexity index is 1250. The number of sulfonamides is 1. The van der Waals surface area contributed by atoms with Crippen LogP contribution in [0.25, 0.3) is 0 Å². The standard InChI is InChI=1S/C24H26ClN3O4S/c1-17-12-13-18(16-23(17)33(30,31)27-21-10-6-5-9-20(21)25)26-24(29)19-8-4-7-11-22(19)32-15-14-28(2)3/h4-13,16,27H,14-15H2,1-3H3,(H,26,29). The molecule has 3 aromatic carbocycles. The van der Waals surface area contributed by atoms with Crippen molar-refractivity contribution >= 4 is 38.9 Å². The van der Waals surface area contributed by atoms with Crippen LogP contribution in [0.3, 0.4) is 0 Å². The number of hydrogen-bond donors (Lipinski definition) is 2. The lowest BCUT2D eigenvalue weighted by Crippen LogP contribution is -2.21. The predicted octanol–water partition coefficient (Wildman–Crippen LogP) is 4.64. The third-order valence-electron chi connectivity index (χ3n) is 4.78. The normalized spacial score (nSPS) is 11.3. The average Bonchev–Trinajstić information content (AvgIpc) is 2.76. The van der Waals surface area contributed by atoms with E-state index in [0.717, 1.165) is 0 Å². The van der Waals surface area contributed by atoms with Gasteiger partial charge in [-0.05, 0) is 63.0 Å². The predicted molar refractivity (Wildman–Crippen MR) is 132 cm³/mol. The molecule has 0 aliphatic heterocycles. The molecule has 0 aliphatic carbocycles. The number of ether oxygens (including phenoxy) is 1. The van der Waals surface area contributed by atoms with Crippen molar-refractivity contribution in [2.24, 2.45) is 0 Å². The lowest BCUT2D eigenvalue weighted by atomic mass is 10.1. The Morgan fingerprint density at radius 3 is 2.45 bits per heavy atom. The molecule has 1 amide bonds. The van der Waals surface area contributed by atoms with E-state index in [9.17, 15) is 13.2 Å². The van der Waals surface area contributed by atoms with Gasteiger partial charge in [0.25, 0.3) is 15.9 Å². The van der Waals surface area contributed by atoms with Crippen LogP contribution in [0.1, 0.15) is 15.9 Å². The third-order valence-corrected chi connectivity index (χ3v) is 6.62. The summed E-state index contributed by atoms with van der Waals surface area (Å²) in [5.41, 5.74) is 1.50. The van der Waals surface area contributed by atoms with Crippen LogP contribution in [-0.2, 0) is 10.0 Å². The van der Waals surface area contributed by atoms with Gasteiger partial charge in [0.2, 0.25) is 0 Å². The average molecular weight is 488 g/mol. The topological polar surface area (TPSA) is 87.7 Å². The van der Waals surface area contributed by atoms with Crippen LogP contribution in [0.5, 0.6) is 5.75 Å². The summed E-state index contributed by atoms with van der Waals surface area (Å²) in [4.78, 5) is 14.9. The largest absolute Gasteiger partial charge is 0.491 e. The molecule has 0 unspecified atom stereocenters. The number of likely N-dealkylation sites (N-methyl/N-ethyl adjacent to an activating group) is 1. The zero-order valence-corrected chi connectivity index (χ0v) is 20.2. The Hall–Kier alpha value is -3.07. The number of nitrogens with one attached hydrogen (secondary N) is 2. The zero-order valence-electron chi connectivity index (χ0n) is 18.6. The monoisotopic (exact) mass is 487 g/mol. The minimum Gasteiger partial charge on any atom is -0.491 e. The van der Waals surface area contributed by atoms with Gasteiger partial charge >= 0.3 is 0 Å². The lowest BCUT2D eigenvalue weighted by molar-refractivity contribution is 0.102. The summed E-state index contributed by atoms with van der Waals surface area (Å²) in [6, 6.07) is 18.2. The molecule has 0 atom stereocenters. The van der Waals surface area contributed by atoms with Gasteiger partial charge in [-0.3, -0.25) is 9.52 Å². The van der Waals surface area contributed by atoms with Gasteiger partial charge in [-0.15, -0.1) is 0 Å². The van der Waals surface area contributed by atoms with Gasteiger partial charge in [0.05, 0.1) is 21.2 Å². The Labute approximate surface area is 199 Å². The molecule has 2 N–H and O–H groups in total. The summed E-state index contributed by atoms with van der Waals surface area (Å²) in [5.74, 6) is 0.0545. The number of para-hydroxylation sites is 2. The molecular formula is C24H26ClN3O4S. The molecule has 0 heterocycles. The van der Waals surface area contributed by atoms with Gasteiger partial charge in [0.1, 0.15) is 12.4 Å². The molecular weight excluding hydrogens is 462 g/mol. The molecule has 0 radical (unpaired) electrons. The highest BCUT2D eigenvalue weighted by atomic mass is 35.5. The summed E-state index contributed by atoms with van der Waals surface area (Å²) in [6.07, 6.45) is 0. The molecule has 174 valence electrons. The van der Waals surface area contributed by atoms with Crippen molar-refractivity contribution in [1.29, 1.82) is 0 Å². The quantitative estimate of drug-likeness (QED) is 0.459. The number of aryl methyl sites for hydroxylation is 1. The first kappa shape index (κ1) is 24.6. The van der Waals surface area contributed by atoms with Gasteiger partial charge < -0.3 is 15.0 Å². The number of amides is 1. The molecule has 0 saturated heterocycles. The Morgan fingerprint density at radius 1 is 1.03 bits per heavy atom. The number of nitrogens with zero attached hydrogens (tertiary/aromatic N) is 1. The maximum absolute atomic E-state index is 13.0. The molecule has 0 aliphatic rings. The maximum Gasteiger partial charge on any atom is 0.262 e. The van der Waals surface area contributed by atoms with Crippen molar-refractivity contribution in [2.75, 3.05) is 37.3 Å². The second-order valence-electron chi connectivity index (χ2n) is 7.67. The van der Waals surface area contributed by atoms with E-state index in [4.69, 9.17) is 16.3 Å². The van der Waals surface area contributed by atoms with Gasteiger partial charge in [-0.2, -0.15) is 0 Å². The zero-order chi connectivity index (χ0) is 24.0. The lowest BCUT2D eigenvalue weighted by Gasteiger charge is -2.15. The number of carbonyl (C=O) groups excluding carboxylic acids is 1. The summed E-state index contributed by atoms with van der Waals surface area (Å²) in [7, 11) is -0.0606. The van der Waals surface area contributed by atoms with Crippen LogP contribution in [0.4, 0.5) is 11.4 Å². The van der Waals surface area contributed by atoms with E-state index in [1.165, 1.54) is 6.07 Å². The highest BCUT2D eigenvalue weighted by Gasteiger charge is 2.20. The molecule has 0 saturated carbocycles. The second-order valence-corrected chi connectivity index (χ2v) is 9.73. The van der Waals surface area contributed by atoms with Gasteiger partial charge in [-0.1, -0.05) is 41.9 Å². The number of carbonyl (C=O) groups is 1. The van der Waals surface area contributed by atoms with E-state index in [2.05, 4.69) is 10.0 Å². The number of hydrogen-bond acceptors (Lipinski definition) is 5. The number of benzene rings is 3. The van der Waals surface area contributed by atoms with Crippen molar-refractivity contribution in [3.8, 4) is 5.75 Å². The van der Waals surface area contributed by atoms with Crippen molar-refractivity contribution in [3.63, 3.8) is 0 Å². The van der Waals surface area contributed by atoms with E-state index in [0.29, 0.717) is 35.7 Å². The molecule has 0 spiro atoms. The second kappa shape index (κ2) is 10.7. The van der Waals surface area contributed by atoms with E-state index in [1.54, 1.807) is 67.6 Å². The molecule has 3 aromatic rings. The van der Waals surface area contributed by atoms with E-state index in [1.807, 2.05) is 19.0 Å². The maximum atomic E-state index is 13.0. The van der Waals surface area contributed by atoms with E-state index >= 15 is 0 Å². The van der Waals surface area contributed by atoms with E-state index < -0.39 is 15.9 Å². The van der Waals surface area contributed by atoms with Crippen molar-refractivity contribution in [3.05, 3.63) is 82.9 Å². The number of anilines is 2. The molecule has 0 aromatic heterocycles. The van der Waals surface area contributed by atoms with Crippen molar-refractivity contribution < 1.29 is 17.9 Å². The first-order chi connectivity index (χ1) is 15.7. The molecule has 0 fully saturated rings. The highest BCUT2D eigenvalue weighted by molar-refractivity contribution is 7.92. The van der Waals surface area contributed by atoms with Crippen LogP contribution in [0, 0.1) is 6.92 Å². The minimum absolute atomic E-state index is 0.0377. The number of halogens is 1. The Morgan fingerprint density at radius 2 is 1.73 bits per heavy atom.